The summed E-state index contributed by atoms with van der Waals surface area (Å²) in [5.74, 6) is -8.06. The number of carbonyl (C=O) groups is 3. The first kappa shape index (κ1) is 23.1. The molecule has 174 valence electrons. The highest BCUT2D eigenvalue weighted by atomic mass is 35.5. The highest BCUT2D eigenvalue weighted by molar-refractivity contribution is 6.33. The smallest absolute Gasteiger partial charge is 0.256 e. The van der Waals surface area contributed by atoms with Gasteiger partial charge in [-0.15, -0.1) is 0 Å². The Bertz CT molecular complexity index is 1270. The third kappa shape index (κ3) is 2.85. The third-order valence-electron chi connectivity index (χ3n) is 6.41. The van der Waals surface area contributed by atoms with Gasteiger partial charge in [-0.1, -0.05) is 11.6 Å². The lowest BCUT2D eigenvalue weighted by molar-refractivity contribution is -0.124. The molecule has 1 amide bonds. The third-order valence-corrected chi connectivity index (χ3v) is 6.72. The number of nitrogens with zero attached hydrogens (tertiary/aromatic N) is 1. The molecule has 0 heterocycles. The van der Waals surface area contributed by atoms with Crippen LogP contribution in [0.2, 0.25) is 5.02 Å². The van der Waals surface area contributed by atoms with Crippen molar-refractivity contribution >= 4 is 29.1 Å². The van der Waals surface area contributed by atoms with E-state index in [0.717, 1.165) is 6.07 Å². The molecule has 33 heavy (non-hydrogen) atoms. The summed E-state index contributed by atoms with van der Waals surface area (Å²) in [7, 11) is 2.98. The van der Waals surface area contributed by atoms with E-state index in [2.05, 4.69) is 0 Å². The number of nitrogens with two attached hydrogens (primary N) is 1. The largest absolute Gasteiger partial charge is 0.507 e. The van der Waals surface area contributed by atoms with E-state index >= 15 is 0 Å². The van der Waals surface area contributed by atoms with Crippen molar-refractivity contribution in [1.29, 1.82) is 0 Å². The zero-order valence-corrected chi connectivity index (χ0v) is 18.6. The van der Waals surface area contributed by atoms with E-state index in [9.17, 15) is 39.9 Å². The number of aliphatic hydroxyl groups excluding tert-OH is 1. The van der Waals surface area contributed by atoms with Crippen LogP contribution in [0.25, 0.3) is 0 Å². The first-order valence-corrected chi connectivity index (χ1v) is 10.2. The zero-order valence-electron chi connectivity index (χ0n) is 17.8. The standard InChI is InChI=1S/C22H21ClN2O8/c1-21(31)8-6-7-13(18(28)12(20(24)30)19(29)16(7)25(2)3)22(32,33)14(8)17(27)11-10(26)5-4-9(23)15(11)21/h4-5,16,26,28,31-33H,6H2,1-3H3,(H2,24,30). The average molecular weight is 477 g/mol. The molecule has 1 aromatic carbocycles. The minimum atomic E-state index is -3.24. The van der Waals surface area contributed by atoms with Crippen molar-refractivity contribution in [3.8, 4) is 5.75 Å². The van der Waals surface area contributed by atoms with Gasteiger partial charge in [-0.05, 0) is 50.7 Å². The van der Waals surface area contributed by atoms with Crippen molar-refractivity contribution in [2.45, 2.75) is 30.8 Å². The van der Waals surface area contributed by atoms with Crippen LogP contribution >= 0.6 is 11.6 Å². The summed E-state index contributed by atoms with van der Waals surface area (Å²) in [5, 5.41) is 54.9. The monoisotopic (exact) mass is 476 g/mol. The summed E-state index contributed by atoms with van der Waals surface area (Å²) in [6.45, 7) is 1.26. The Labute approximate surface area is 192 Å². The number of aromatic hydroxyl groups is 1. The molecule has 3 aliphatic rings. The van der Waals surface area contributed by atoms with Crippen LogP contribution in [0, 0.1) is 0 Å². The number of benzene rings is 1. The molecule has 3 aliphatic carbocycles. The van der Waals surface area contributed by atoms with Crippen molar-refractivity contribution in [2.24, 2.45) is 5.73 Å². The Balaban J connectivity index is 2.07. The second kappa shape index (κ2) is 6.99. The SMILES string of the molecule is CN(C)C1C(=O)C(C(N)=O)=C(O)C2=C1CC1=C(C(=O)c3c(O)ccc(Cl)c3C1(C)O)C2(O)O. The number of ketones is 2. The summed E-state index contributed by atoms with van der Waals surface area (Å²) >= 11 is 6.24. The molecule has 0 saturated heterocycles. The van der Waals surface area contributed by atoms with Gasteiger partial charge in [-0.3, -0.25) is 19.3 Å². The van der Waals surface area contributed by atoms with Crippen molar-refractivity contribution < 1.29 is 39.9 Å². The van der Waals surface area contributed by atoms with Gasteiger partial charge in [0, 0.05) is 10.6 Å². The molecule has 11 heteroatoms. The van der Waals surface area contributed by atoms with Crippen LogP contribution in [0.3, 0.4) is 0 Å². The van der Waals surface area contributed by atoms with Gasteiger partial charge in [0.2, 0.25) is 5.79 Å². The minimum Gasteiger partial charge on any atom is -0.507 e. The molecule has 0 radical (unpaired) electrons. The number of phenolic OH excluding ortho intramolecular Hbond substituents is 1. The number of amides is 1. The molecule has 0 bridgehead atoms. The number of phenols is 1. The van der Waals surface area contributed by atoms with Gasteiger partial charge >= 0.3 is 0 Å². The number of carbonyl (C=O) groups excluding carboxylic acids is 3. The predicted octanol–water partition coefficient (Wildman–Crippen LogP) is -0.0625. The highest BCUT2D eigenvalue weighted by Gasteiger charge is 2.58. The van der Waals surface area contributed by atoms with Gasteiger partial charge in [0.05, 0.1) is 22.8 Å². The van der Waals surface area contributed by atoms with Crippen LogP contribution in [-0.4, -0.2) is 73.8 Å². The first-order chi connectivity index (χ1) is 15.2. The predicted molar refractivity (Wildman–Crippen MR) is 114 cm³/mol. The lowest BCUT2D eigenvalue weighted by Gasteiger charge is -2.46. The van der Waals surface area contributed by atoms with Crippen LogP contribution in [0.15, 0.2) is 45.8 Å². The van der Waals surface area contributed by atoms with Crippen LogP contribution in [-0.2, 0) is 15.2 Å². The van der Waals surface area contributed by atoms with Gasteiger partial charge in [0.25, 0.3) is 5.91 Å². The van der Waals surface area contributed by atoms with E-state index in [-0.39, 0.29) is 28.2 Å². The van der Waals surface area contributed by atoms with Gasteiger partial charge in [-0.25, -0.2) is 0 Å². The number of hydrogen-bond acceptors (Lipinski definition) is 9. The van der Waals surface area contributed by atoms with E-state index < -0.39 is 68.7 Å². The maximum absolute atomic E-state index is 13.4. The number of hydrogen-bond donors (Lipinski definition) is 6. The van der Waals surface area contributed by atoms with Gasteiger partial charge < -0.3 is 31.3 Å². The second-order valence-electron chi connectivity index (χ2n) is 8.64. The lowest BCUT2D eigenvalue weighted by atomic mass is 9.63. The van der Waals surface area contributed by atoms with Crippen molar-refractivity contribution in [1.82, 2.24) is 4.90 Å². The van der Waals surface area contributed by atoms with Crippen molar-refractivity contribution in [3.63, 3.8) is 0 Å². The zero-order chi connectivity index (χ0) is 24.8. The Hall–Kier alpha value is -3.02. The van der Waals surface area contributed by atoms with Crippen LogP contribution in [0.4, 0.5) is 0 Å². The summed E-state index contributed by atoms with van der Waals surface area (Å²) in [5.41, 5.74) is 0.219. The molecule has 0 aliphatic heterocycles. The topological polar surface area (TPSA) is 182 Å². The van der Waals surface area contributed by atoms with Crippen LogP contribution in [0.1, 0.15) is 29.3 Å². The summed E-state index contributed by atoms with van der Waals surface area (Å²) < 4.78 is 0. The second-order valence-corrected chi connectivity index (χ2v) is 9.05. The molecular formula is C22H21ClN2O8. The van der Waals surface area contributed by atoms with E-state index in [0.29, 0.717) is 0 Å². The fraction of sp³-hybridized carbons (Fsp3) is 0.318. The Morgan fingerprint density at radius 3 is 2.30 bits per heavy atom. The average Bonchev–Trinajstić information content (AvgIpc) is 2.66. The summed E-state index contributed by atoms with van der Waals surface area (Å²) in [4.78, 5) is 39.7. The molecule has 0 aromatic heterocycles. The number of primary amides is 1. The highest BCUT2D eigenvalue weighted by Crippen LogP contribution is 2.55. The number of fused-ring (bicyclic) bond motifs is 1. The molecule has 7 N–H and O–H groups in total. The Kier molecular flexibility index (Phi) is 4.90. The summed E-state index contributed by atoms with van der Waals surface area (Å²) in [6.07, 6.45) is -0.345. The molecule has 1 aromatic rings. The maximum atomic E-state index is 13.4. The number of aliphatic hydroxyl groups is 4. The fourth-order valence-electron chi connectivity index (χ4n) is 5.06. The molecule has 0 saturated carbocycles. The molecule has 2 atom stereocenters. The van der Waals surface area contributed by atoms with E-state index in [4.69, 9.17) is 17.3 Å². The Morgan fingerprint density at radius 1 is 1.15 bits per heavy atom. The van der Waals surface area contributed by atoms with Crippen LogP contribution < -0.4 is 5.73 Å². The van der Waals surface area contributed by atoms with Gasteiger partial charge in [0.1, 0.15) is 22.7 Å². The minimum absolute atomic E-state index is 0.0379. The van der Waals surface area contributed by atoms with E-state index in [1.54, 1.807) is 0 Å². The van der Waals surface area contributed by atoms with Gasteiger partial charge in [0.15, 0.2) is 11.6 Å². The molecule has 10 nitrogen and oxygen atoms in total. The molecule has 0 spiro atoms. The molecular weight excluding hydrogens is 456 g/mol. The number of likely N-dealkylation sites (N-methyl/N-ethyl adjacent to an activating group) is 1. The normalized spacial score (nSPS) is 26.5. The van der Waals surface area contributed by atoms with E-state index in [1.165, 1.54) is 32.0 Å². The van der Waals surface area contributed by atoms with E-state index in [1.807, 2.05) is 0 Å². The molecule has 4 rings (SSSR count). The maximum Gasteiger partial charge on any atom is 0.256 e. The molecule has 2 unspecified atom stereocenters. The van der Waals surface area contributed by atoms with Crippen molar-refractivity contribution in [3.05, 3.63) is 61.9 Å². The van der Waals surface area contributed by atoms with Crippen molar-refractivity contribution in [2.75, 3.05) is 14.1 Å². The fourth-order valence-corrected chi connectivity index (χ4v) is 5.40. The lowest BCUT2D eigenvalue weighted by Crippen LogP contribution is -2.53. The molecule has 0 fully saturated rings. The number of rotatable bonds is 2. The number of Topliss-reactive ketones (excluding diaryl/α,β-unsaturated/α-hetero) is 2. The Morgan fingerprint density at radius 2 is 1.76 bits per heavy atom. The van der Waals surface area contributed by atoms with Gasteiger partial charge in [-0.2, -0.15) is 0 Å². The quantitative estimate of drug-likeness (QED) is 0.251. The summed E-state index contributed by atoms with van der Waals surface area (Å²) in [6, 6.07) is 1.15. The van der Waals surface area contributed by atoms with Crippen LogP contribution in [0.5, 0.6) is 5.75 Å². The number of halogens is 1. The first-order valence-electron chi connectivity index (χ1n) is 9.81.